The summed E-state index contributed by atoms with van der Waals surface area (Å²) in [4.78, 5) is 27.5. The first-order chi connectivity index (χ1) is 18.6. The first-order valence-corrected chi connectivity index (χ1v) is 15.0. The SMILES string of the molecule is N[C@@H]1C[C@@H](C(=O)N[C@@H](Cc2ccc(OCCN3CCCCC3)cc2)C(=O)O)N(S(=O)(=O)c2cccc(Cl)c2)C1. The largest absolute Gasteiger partial charge is 0.492 e. The van der Waals surface area contributed by atoms with Crippen LogP contribution in [-0.2, 0) is 26.0 Å². The highest BCUT2D eigenvalue weighted by molar-refractivity contribution is 7.89. The molecule has 0 unspecified atom stereocenters. The van der Waals surface area contributed by atoms with Crippen LogP contribution >= 0.6 is 11.6 Å². The number of carbonyl (C=O) groups is 2. The molecule has 2 aromatic rings. The third-order valence-electron chi connectivity index (χ3n) is 7.10. The highest BCUT2D eigenvalue weighted by Gasteiger charge is 2.43. The van der Waals surface area contributed by atoms with Crippen LogP contribution in [0.5, 0.6) is 5.75 Å². The fourth-order valence-corrected chi connectivity index (χ4v) is 6.96. The fraction of sp³-hybridized carbons (Fsp3) is 0.481. The monoisotopic (exact) mass is 578 g/mol. The normalized spacial score (nSPS) is 21.4. The van der Waals surface area contributed by atoms with Crippen molar-refractivity contribution in [1.82, 2.24) is 14.5 Å². The number of ether oxygens (including phenoxy) is 1. The second-order valence-corrected chi connectivity index (χ2v) is 12.4. The number of hydrogen-bond donors (Lipinski definition) is 3. The van der Waals surface area contributed by atoms with Gasteiger partial charge in [0.05, 0.1) is 4.90 Å². The maximum atomic E-state index is 13.3. The number of amides is 1. The van der Waals surface area contributed by atoms with Crippen molar-refractivity contribution in [3.05, 3.63) is 59.1 Å². The third-order valence-corrected chi connectivity index (χ3v) is 9.20. The predicted octanol–water partition coefficient (Wildman–Crippen LogP) is 2.11. The van der Waals surface area contributed by atoms with Crippen LogP contribution in [0.15, 0.2) is 53.4 Å². The molecule has 0 bridgehead atoms. The van der Waals surface area contributed by atoms with Gasteiger partial charge in [-0.2, -0.15) is 4.31 Å². The number of benzene rings is 2. The molecule has 2 aliphatic rings. The van der Waals surface area contributed by atoms with E-state index in [1.54, 1.807) is 30.3 Å². The molecule has 10 nitrogen and oxygen atoms in total. The average Bonchev–Trinajstić information content (AvgIpc) is 3.32. The second kappa shape index (κ2) is 13.1. The number of piperidine rings is 1. The van der Waals surface area contributed by atoms with E-state index in [0.29, 0.717) is 17.9 Å². The molecule has 2 saturated heterocycles. The Morgan fingerprint density at radius 2 is 1.85 bits per heavy atom. The minimum atomic E-state index is -4.08. The number of halogens is 1. The van der Waals surface area contributed by atoms with Crippen LogP contribution < -0.4 is 15.8 Å². The number of carbonyl (C=O) groups excluding carboxylic acids is 1. The zero-order valence-electron chi connectivity index (χ0n) is 21.7. The standard InChI is InChI=1S/C27H35ClN4O6S/c28-20-5-4-6-23(16-20)39(36,37)32-18-21(29)17-25(32)26(33)30-24(27(34)35)15-19-7-9-22(10-8-19)38-14-13-31-11-2-1-3-12-31/h4-10,16,21,24-25H,1-3,11-15,17-18,29H2,(H,30,33)(H,34,35)/t21-,24+,25+/m1/s1. The minimum Gasteiger partial charge on any atom is -0.492 e. The maximum Gasteiger partial charge on any atom is 0.326 e. The van der Waals surface area contributed by atoms with Gasteiger partial charge in [0.25, 0.3) is 0 Å². The van der Waals surface area contributed by atoms with Gasteiger partial charge in [0.2, 0.25) is 15.9 Å². The molecule has 0 radical (unpaired) electrons. The van der Waals surface area contributed by atoms with E-state index in [-0.39, 0.29) is 29.3 Å². The number of aliphatic carboxylic acids is 1. The molecule has 0 aromatic heterocycles. The summed E-state index contributed by atoms with van der Waals surface area (Å²) in [5.41, 5.74) is 6.71. The number of hydrogen-bond acceptors (Lipinski definition) is 7. The molecule has 0 aliphatic carbocycles. The lowest BCUT2D eigenvalue weighted by Crippen LogP contribution is -2.51. The molecule has 0 spiro atoms. The van der Waals surface area contributed by atoms with Gasteiger partial charge < -0.3 is 20.9 Å². The van der Waals surface area contributed by atoms with E-state index in [9.17, 15) is 23.1 Å². The van der Waals surface area contributed by atoms with E-state index < -0.39 is 40.0 Å². The van der Waals surface area contributed by atoms with Gasteiger partial charge in [-0.25, -0.2) is 13.2 Å². The zero-order chi connectivity index (χ0) is 28.0. The Morgan fingerprint density at radius 3 is 2.51 bits per heavy atom. The van der Waals surface area contributed by atoms with Crippen molar-refractivity contribution >= 4 is 33.5 Å². The summed E-state index contributed by atoms with van der Waals surface area (Å²) in [5, 5.41) is 12.5. The summed E-state index contributed by atoms with van der Waals surface area (Å²) in [6.45, 7) is 3.57. The molecule has 2 aliphatic heterocycles. The van der Waals surface area contributed by atoms with Crippen molar-refractivity contribution in [2.24, 2.45) is 5.73 Å². The molecule has 4 rings (SSSR count). The average molecular weight is 579 g/mol. The number of nitrogens with one attached hydrogen (secondary N) is 1. The van der Waals surface area contributed by atoms with Crippen LogP contribution in [0, 0.1) is 0 Å². The van der Waals surface area contributed by atoms with Gasteiger partial charge >= 0.3 is 5.97 Å². The van der Waals surface area contributed by atoms with Crippen LogP contribution in [0.3, 0.4) is 0 Å². The van der Waals surface area contributed by atoms with E-state index in [2.05, 4.69) is 10.2 Å². The van der Waals surface area contributed by atoms with E-state index in [1.807, 2.05) is 0 Å². The Labute approximate surface area is 234 Å². The van der Waals surface area contributed by atoms with Crippen LogP contribution in [-0.4, -0.2) is 85.5 Å². The molecular formula is C27H35ClN4O6S. The Bertz CT molecular complexity index is 1250. The number of nitrogens with zero attached hydrogens (tertiary/aromatic N) is 2. The smallest absolute Gasteiger partial charge is 0.326 e. The lowest BCUT2D eigenvalue weighted by molar-refractivity contribution is -0.142. The van der Waals surface area contributed by atoms with Gasteiger partial charge in [-0.05, 0) is 68.2 Å². The molecule has 3 atom stereocenters. The van der Waals surface area contributed by atoms with E-state index in [4.69, 9.17) is 22.1 Å². The van der Waals surface area contributed by atoms with Crippen LogP contribution in [0.25, 0.3) is 0 Å². The number of sulfonamides is 1. The van der Waals surface area contributed by atoms with Crippen molar-refractivity contribution in [2.45, 2.75) is 55.1 Å². The summed E-state index contributed by atoms with van der Waals surface area (Å²) in [6, 6.07) is 9.87. The summed E-state index contributed by atoms with van der Waals surface area (Å²) >= 11 is 5.97. The molecule has 4 N–H and O–H groups in total. The van der Waals surface area contributed by atoms with Gasteiger partial charge in [-0.1, -0.05) is 36.2 Å². The zero-order valence-corrected chi connectivity index (χ0v) is 23.2. The first kappa shape index (κ1) is 29.3. The Morgan fingerprint density at radius 1 is 1.13 bits per heavy atom. The number of carboxylic acids is 1. The lowest BCUT2D eigenvalue weighted by Gasteiger charge is -2.26. The van der Waals surface area contributed by atoms with Crippen molar-refractivity contribution in [2.75, 3.05) is 32.8 Å². The molecule has 212 valence electrons. The van der Waals surface area contributed by atoms with E-state index >= 15 is 0 Å². The second-order valence-electron chi connectivity index (χ2n) is 10.0. The maximum absolute atomic E-state index is 13.3. The van der Waals surface area contributed by atoms with Gasteiger partial charge in [0.15, 0.2) is 0 Å². The number of carboxylic acid groups (broad SMARTS) is 1. The molecule has 2 fully saturated rings. The minimum absolute atomic E-state index is 0.0228. The molecule has 2 heterocycles. The van der Waals surface area contributed by atoms with Gasteiger partial charge in [0, 0.05) is 30.6 Å². The summed E-state index contributed by atoms with van der Waals surface area (Å²) < 4.78 is 33.4. The van der Waals surface area contributed by atoms with Crippen LogP contribution in [0.1, 0.15) is 31.2 Å². The molecule has 39 heavy (non-hydrogen) atoms. The molecule has 2 aromatic carbocycles. The Hall–Kier alpha value is -2.70. The molecule has 12 heteroatoms. The van der Waals surface area contributed by atoms with Gasteiger partial charge in [-0.3, -0.25) is 9.69 Å². The lowest BCUT2D eigenvalue weighted by atomic mass is 10.0. The summed E-state index contributed by atoms with van der Waals surface area (Å²) in [7, 11) is -4.08. The van der Waals surface area contributed by atoms with Gasteiger partial charge in [0.1, 0.15) is 24.4 Å². The fourth-order valence-electron chi connectivity index (χ4n) is 5.00. The van der Waals surface area contributed by atoms with Crippen molar-refractivity contribution in [3.8, 4) is 5.75 Å². The van der Waals surface area contributed by atoms with E-state index in [1.165, 1.54) is 37.5 Å². The number of rotatable bonds is 11. The van der Waals surface area contributed by atoms with Gasteiger partial charge in [-0.15, -0.1) is 0 Å². The Kier molecular flexibility index (Phi) is 9.84. The molecular weight excluding hydrogens is 544 g/mol. The quantitative estimate of drug-likeness (QED) is 0.368. The number of likely N-dealkylation sites (tertiary alicyclic amines) is 1. The van der Waals surface area contributed by atoms with Crippen molar-refractivity contribution in [3.63, 3.8) is 0 Å². The van der Waals surface area contributed by atoms with Crippen LogP contribution in [0.4, 0.5) is 0 Å². The van der Waals surface area contributed by atoms with Crippen molar-refractivity contribution in [1.29, 1.82) is 0 Å². The first-order valence-electron chi connectivity index (χ1n) is 13.1. The van der Waals surface area contributed by atoms with Crippen molar-refractivity contribution < 1.29 is 27.9 Å². The summed E-state index contributed by atoms with van der Waals surface area (Å²) in [6.07, 6.45) is 3.82. The highest BCUT2D eigenvalue weighted by Crippen LogP contribution is 2.27. The topological polar surface area (TPSA) is 142 Å². The summed E-state index contributed by atoms with van der Waals surface area (Å²) in [5.74, 6) is -1.25. The molecule has 0 saturated carbocycles. The Balaban J connectivity index is 1.37. The predicted molar refractivity (Wildman–Crippen MR) is 147 cm³/mol. The third kappa shape index (κ3) is 7.70. The van der Waals surface area contributed by atoms with Crippen LogP contribution in [0.2, 0.25) is 5.02 Å². The van der Waals surface area contributed by atoms with E-state index in [0.717, 1.165) is 23.9 Å². The molecule has 1 amide bonds. The number of nitrogens with two attached hydrogens (primary N) is 1. The highest BCUT2D eigenvalue weighted by atomic mass is 35.5.